The van der Waals surface area contributed by atoms with Crippen molar-refractivity contribution in [3.63, 3.8) is 0 Å². The summed E-state index contributed by atoms with van der Waals surface area (Å²) in [5.74, 6) is -1.29. The fourth-order valence-electron chi connectivity index (χ4n) is 1.53. The standard InChI is InChI=1S/C10H16N4O3/c1-2-3-4-5-6-13-7-8(9(11)15)10(12-13)14(16)17/h7H,2-6H2,1H3,(H2,11,15). The summed E-state index contributed by atoms with van der Waals surface area (Å²) in [6.45, 7) is 2.66. The van der Waals surface area contributed by atoms with Crippen LogP contribution >= 0.6 is 0 Å². The van der Waals surface area contributed by atoms with E-state index in [9.17, 15) is 14.9 Å². The molecule has 94 valence electrons. The van der Waals surface area contributed by atoms with Crippen LogP contribution in [0.15, 0.2) is 6.20 Å². The Morgan fingerprint density at radius 1 is 1.53 bits per heavy atom. The van der Waals surface area contributed by atoms with Crippen LogP contribution in [0, 0.1) is 10.1 Å². The van der Waals surface area contributed by atoms with Crippen molar-refractivity contribution in [2.45, 2.75) is 39.2 Å². The van der Waals surface area contributed by atoms with Gasteiger partial charge in [0.2, 0.25) is 0 Å². The maximum absolute atomic E-state index is 11.0. The van der Waals surface area contributed by atoms with E-state index in [0.717, 1.165) is 25.7 Å². The van der Waals surface area contributed by atoms with E-state index in [1.54, 1.807) is 0 Å². The smallest absolute Gasteiger partial charge is 0.365 e. The lowest BCUT2D eigenvalue weighted by atomic mass is 10.2. The lowest BCUT2D eigenvalue weighted by molar-refractivity contribution is -0.390. The molecule has 0 atom stereocenters. The first kappa shape index (κ1) is 13.1. The molecule has 0 unspecified atom stereocenters. The molecule has 1 rings (SSSR count). The van der Waals surface area contributed by atoms with Crippen molar-refractivity contribution in [1.82, 2.24) is 9.78 Å². The van der Waals surface area contributed by atoms with Crippen LogP contribution in [0.1, 0.15) is 43.0 Å². The number of amides is 1. The summed E-state index contributed by atoms with van der Waals surface area (Å²) in [6.07, 6.45) is 5.49. The van der Waals surface area contributed by atoms with Gasteiger partial charge in [-0.15, -0.1) is 0 Å². The molecule has 2 N–H and O–H groups in total. The molecule has 7 heteroatoms. The van der Waals surface area contributed by atoms with E-state index in [1.165, 1.54) is 10.9 Å². The largest absolute Gasteiger partial charge is 0.402 e. The van der Waals surface area contributed by atoms with Gasteiger partial charge in [0, 0.05) is 0 Å². The molecule has 0 spiro atoms. The first-order valence-corrected chi connectivity index (χ1v) is 5.58. The second-order valence-corrected chi connectivity index (χ2v) is 3.81. The van der Waals surface area contributed by atoms with Crippen molar-refractivity contribution < 1.29 is 9.72 Å². The van der Waals surface area contributed by atoms with Gasteiger partial charge in [0.15, 0.2) is 5.56 Å². The van der Waals surface area contributed by atoms with Crippen molar-refractivity contribution in [3.8, 4) is 0 Å². The molecule has 0 aromatic carbocycles. The monoisotopic (exact) mass is 240 g/mol. The van der Waals surface area contributed by atoms with E-state index in [1.807, 2.05) is 0 Å². The summed E-state index contributed by atoms with van der Waals surface area (Å²) in [4.78, 5) is 20.9. The van der Waals surface area contributed by atoms with E-state index in [2.05, 4.69) is 12.0 Å². The average Bonchev–Trinajstić information content (AvgIpc) is 2.69. The molecular weight excluding hydrogens is 224 g/mol. The highest BCUT2D eigenvalue weighted by Crippen LogP contribution is 2.15. The first-order chi connectivity index (χ1) is 8.06. The molecule has 1 amide bonds. The summed E-state index contributed by atoms with van der Waals surface area (Å²) in [5.41, 5.74) is 4.91. The number of carbonyl (C=O) groups excluding carboxylic acids is 1. The summed E-state index contributed by atoms with van der Waals surface area (Å²) in [6, 6.07) is 0. The maximum atomic E-state index is 11.0. The Labute approximate surface area is 98.7 Å². The van der Waals surface area contributed by atoms with Gasteiger partial charge < -0.3 is 15.8 Å². The van der Waals surface area contributed by atoms with Crippen molar-refractivity contribution in [2.24, 2.45) is 5.73 Å². The van der Waals surface area contributed by atoms with Crippen molar-refractivity contribution in [3.05, 3.63) is 21.9 Å². The summed E-state index contributed by atoms with van der Waals surface area (Å²) < 4.78 is 1.41. The molecule has 0 saturated heterocycles. The fraction of sp³-hybridized carbons (Fsp3) is 0.600. The Balaban J connectivity index is 2.71. The summed E-state index contributed by atoms with van der Waals surface area (Å²) in [5, 5.41) is 14.4. The Hall–Kier alpha value is -1.92. The molecule has 1 aromatic rings. The Kier molecular flexibility index (Phi) is 4.62. The molecule has 0 aliphatic carbocycles. The highest BCUT2D eigenvalue weighted by molar-refractivity contribution is 5.95. The van der Waals surface area contributed by atoms with Crippen LogP contribution in [0.5, 0.6) is 0 Å². The van der Waals surface area contributed by atoms with Crippen molar-refractivity contribution >= 4 is 11.7 Å². The van der Waals surface area contributed by atoms with Gasteiger partial charge in [-0.25, -0.2) is 0 Å². The lowest BCUT2D eigenvalue weighted by Crippen LogP contribution is -2.11. The zero-order valence-electron chi connectivity index (χ0n) is 9.76. The van der Waals surface area contributed by atoms with Crippen LogP contribution in [0.2, 0.25) is 0 Å². The van der Waals surface area contributed by atoms with E-state index in [4.69, 9.17) is 5.73 Å². The molecule has 17 heavy (non-hydrogen) atoms. The molecule has 0 fully saturated rings. The van der Waals surface area contributed by atoms with Crippen molar-refractivity contribution in [2.75, 3.05) is 0 Å². The van der Waals surface area contributed by atoms with Gasteiger partial charge in [-0.2, -0.15) is 4.68 Å². The minimum Gasteiger partial charge on any atom is -0.365 e. The summed E-state index contributed by atoms with van der Waals surface area (Å²) in [7, 11) is 0. The van der Waals surface area contributed by atoms with Crippen LogP contribution in [0.3, 0.4) is 0 Å². The number of carbonyl (C=O) groups is 1. The predicted octanol–water partition coefficient (Wildman–Crippen LogP) is 1.47. The molecule has 7 nitrogen and oxygen atoms in total. The number of nitrogens with zero attached hydrogens (tertiary/aromatic N) is 3. The van der Waals surface area contributed by atoms with Gasteiger partial charge in [0.25, 0.3) is 5.91 Å². The van der Waals surface area contributed by atoms with Gasteiger partial charge in [0.1, 0.15) is 0 Å². The SMILES string of the molecule is CCCCCCn1cc(C(N)=O)c([N+](=O)[O-])n1. The number of rotatable bonds is 7. The third-order valence-electron chi connectivity index (χ3n) is 2.42. The predicted molar refractivity (Wildman–Crippen MR) is 61.5 cm³/mol. The van der Waals surface area contributed by atoms with Crippen LogP contribution in [0.4, 0.5) is 5.82 Å². The number of nitrogens with two attached hydrogens (primary N) is 1. The average molecular weight is 240 g/mol. The van der Waals surface area contributed by atoms with Gasteiger partial charge in [0.05, 0.1) is 17.8 Å². The second kappa shape index (κ2) is 5.97. The van der Waals surface area contributed by atoms with Crippen molar-refractivity contribution in [1.29, 1.82) is 0 Å². The van der Waals surface area contributed by atoms with Gasteiger partial charge in [-0.1, -0.05) is 26.2 Å². The third kappa shape index (κ3) is 3.54. The number of aromatic nitrogens is 2. The topological polar surface area (TPSA) is 104 Å². The van der Waals surface area contributed by atoms with Gasteiger partial charge in [-0.3, -0.25) is 4.79 Å². The molecule has 0 saturated carbocycles. The van der Waals surface area contributed by atoms with Crippen LogP contribution in [-0.4, -0.2) is 20.6 Å². The fourth-order valence-corrected chi connectivity index (χ4v) is 1.53. The Bertz CT molecular complexity index is 382. The Morgan fingerprint density at radius 2 is 2.24 bits per heavy atom. The quantitative estimate of drug-likeness (QED) is 0.442. The second-order valence-electron chi connectivity index (χ2n) is 3.81. The molecule has 0 bridgehead atoms. The normalized spacial score (nSPS) is 10.4. The maximum Gasteiger partial charge on any atom is 0.402 e. The van der Waals surface area contributed by atoms with Gasteiger partial charge >= 0.3 is 5.82 Å². The number of aryl methyl sites for hydroxylation is 1. The zero-order chi connectivity index (χ0) is 12.8. The van der Waals surface area contributed by atoms with E-state index in [0.29, 0.717) is 6.54 Å². The molecular formula is C10H16N4O3. The number of nitro groups is 1. The molecule has 1 heterocycles. The van der Waals surface area contributed by atoms with Crippen LogP contribution in [-0.2, 0) is 6.54 Å². The van der Waals surface area contributed by atoms with Crippen LogP contribution in [0.25, 0.3) is 0 Å². The number of primary amides is 1. The van der Waals surface area contributed by atoms with E-state index < -0.39 is 16.6 Å². The van der Waals surface area contributed by atoms with Crippen LogP contribution < -0.4 is 5.73 Å². The Morgan fingerprint density at radius 3 is 2.71 bits per heavy atom. The molecule has 1 aromatic heterocycles. The van der Waals surface area contributed by atoms with E-state index in [-0.39, 0.29) is 5.56 Å². The molecule has 0 aliphatic heterocycles. The van der Waals surface area contributed by atoms with E-state index >= 15 is 0 Å². The van der Waals surface area contributed by atoms with Gasteiger partial charge in [-0.05, 0) is 11.3 Å². The summed E-state index contributed by atoms with van der Waals surface area (Å²) >= 11 is 0. The minimum atomic E-state index is -0.823. The first-order valence-electron chi connectivity index (χ1n) is 5.58. The molecule has 0 aliphatic rings. The highest BCUT2D eigenvalue weighted by atomic mass is 16.6. The molecule has 0 radical (unpaired) electrons. The number of hydrogen-bond donors (Lipinski definition) is 1. The lowest BCUT2D eigenvalue weighted by Gasteiger charge is -1.96. The highest BCUT2D eigenvalue weighted by Gasteiger charge is 2.24. The zero-order valence-corrected chi connectivity index (χ0v) is 9.76. The minimum absolute atomic E-state index is 0.134. The third-order valence-corrected chi connectivity index (χ3v) is 2.42. The number of unbranched alkanes of at least 4 members (excludes halogenated alkanes) is 3. The number of hydrogen-bond acceptors (Lipinski definition) is 4.